The molecule has 0 atom stereocenters. The summed E-state index contributed by atoms with van der Waals surface area (Å²) in [6.07, 6.45) is 5.22. The minimum Gasteiger partial charge on any atom is -0.322 e. The molecule has 0 bridgehead atoms. The number of amides is 1. The smallest absolute Gasteiger partial charge is 0.255 e. The van der Waals surface area contributed by atoms with Crippen LogP contribution in [0, 0.1) is 5.82 Å². The Morgan fingerprint density at radius 1 is 1.19 bits per heavy atom. The molecule has 0 radical (unpaired) electrons. The lowest BCUT2D eigenvalue weighted by molar-refractivity contribution is 0.102. The first-order valence-corrected chi connectivity index (χ1v) is 10.9. The summed E-state index contributed by atoms with van der Waals surface area (Å²) in [6, 6.07) is 9.96. The molecule has 144 valence electrons. The fraction of sp³-hybridized carbons (Fsp3) is 0.381. The Morgan fingerprint density at radius 3 is 2.59 bits per heavy atom. The molecule has 6 heteroatoms. The zero-order valence-corrected chi connectivity index (χ0v) is 17.4. The van der Waals surface area contributed by atoms with E-state index in [9.17, 15) is 9.18 Å². The highest BCUT2D eigenvalue weighted by Gasteiger charge is 2.21. The van der Waals surface area contributed by atoms with Gasteiger partial charge in [-0.25, -0.2) is 4.39 Å². The second-order valence-electron chi connectivity index (χ2n) is 6.75. The van der Waals surface area contributed by atoms with Crippen LogP contribution in [-0.2, 0) is 6.42 Å². The van der Waals surface area contributed by atoms with E-state index in [4.69, 9.17) is 23.2 Å². The van der Waals surface area contributed by atoms with Crippen LogP contribution in [0.25, 0.3) is 0 Å². The monoisotopic (exact) mass is 425 g/mol. The Balaban J connectivity index is 1.75. The molecule has 1 aliphatic carbocycles. The number of carbonyl (C=O) groups is 1. The number of benzene rings is 2. The van der Waals surface area contributed by atoms with Crippen LogP contribution in [-0.4, -0.2) is 16.5 Å². The molecule has 2 aromatic carbocycles. The second kappa shape index (κ2) is 9.31. The Labute approximate surface area is 173 Å². The summed E-state index contributed by atoms with van der Waals surface area (Å²) < 4.78 is 13.3. The van der Waals surface area contributed by atoms with E-state index in [0.717, 1.165) is 37.0 Å². The number of nitrogens with one attached hydrogen (secondary N) is 1. The average Bonchev–Trinajstić information content (AvgIpc) is 2.66. The molecule has 1 aliphatic rings. The maximum absolute atomic E-state index is 13.3. The van der Waals surface area contributed by atoms with Gasteiger partial charge < -0.3 is 5.32 Å². The van der Waals surface area contributed by atoms with Crippen molar-refractivity contribution in [1.29, 1.82) is 0 Å². The number of aryl methyl sites for hydroxylation is 1. The summed E-state index contributed by atoms with van der Waals surface area (Å²) in [5, 5.41) is 3.61. The molecular formula is C21H22Cl2FNOS. The number of rotatable bonds is 5. The summed E-state index contributed by atoms with van der Waals surface area (Å²) in [5.74, 6) is -0.737. The Bertz CT molecular complexity index is 822. The third-order valence-electron chi connectivity index (χ3n) is 4.79. The van der Waals surface area contributed by atoms with Gasteiger partial charge in [-0.05, 0) is 68.0 Å². The molecule has 1 N–H and O–H groups in total. The molecule has 0 saturated heterocycles. The predicted molar refractivity (Wildman–Crippen MR) is 113 cm³/mol. The van der Waals surface area contributed by atoms with Crippen molar-refractivity contribution in [2.75, 3.05) is 5.32 Å². The molecule has 3 rings (SSSR count). The molecular weight excluding hydrogens is 404 g/mol. The van der Waals surface area contributed by atoms with Crippen LogP contribution in [0.5, 0.6) is 0 Å². The molecule has 2 aromatic rings. The quantitative estimate of drug-likeness (QED) is 0.525. The summed E-state index contributed by atoms with van der Waals surface area (Å²) in [7, 11) is 0. The molecule has 0 aromatic heterocycles. The van der Waals surface area contributed by atoms with Crippen LogP contribution in [0.15, 0.2) is 41.3 Å². The van der Waals surface area contributed by atoms with E-state index in [1.165, 1.54) is 23.8 Å². The Morgan fingerprint density at radius 2 is 1.93 bits per heavy atom. The fourth-order valence-electron chi connectivity index (χ4n) is 3.19. The zero-order chi connectivity index (χ0) is 19.4. The molecule has 1 amide bonds. The molecule has 0 heterocycles. The maximum atomic E-state index is 13.3. The number of thioether (sulfide) groups is 1. The Kier molecular flexibility index (Phi) is 7.07. The van der Waals surface area contributed by atoms with E-state index in [1.807, 2.05) is 30.0 Å². The van der Waals surface area contributed by atoms with E-state index in [1.54, 1.807) is 0 Å². The van der Waals surface area contributed by atoms with Crippen molar-refractivity contribution in [3.05, 3.63) is 58.4 Å². The van der Waals surface area contributed by atoms with Gasteiger partial charge in [0.15, 0.2) is 0 Å². The minimum absolute atomic E-state index is 0.0136. The standard InChI is InChI=1S/C21H22Cl2FNOS/c1-2-13-3-4-14(11-20(13)27-17-8-5-15(22)6-9-17)21(26)25-16-7-10-19(24)18(23)12-16/h3-4,7,10-12,15,17H,2,5-6,8-9H2,1H3,(H,25,26). The maximum Gasteiger partial charge on any atom is 0.255 e. The molecule has 1 fully saturated rings. The first-order valence-electron chi connectivity index (χ1n) is 9.16. The van der Waals surface area contributed by atoms with Gasteiger partial charge in [-0.2, -0.15) is 0 Å². The molecule has 2 nitrogen and oxygen atoms in total. The number of halogens is 3. The van der Waals surface area contributed by atoms with Gasteiger partial charge in [-0.3, -0.25) is 4.79 Å². The van der Waals surface area contributed by atoms with Crippen molar-refractivity contribution in [1.82, 2.24) is 0 Å². The molecule has 1 saturated carbocycles. The van der Waals surface area contributed by atoms with Gasteiger partial charge in [0.2, 0.25) is 0 Å². The average molecular weight is 426 g/mol. The number of hydrogen-bond acceptors (Lipinski definition) is 2. The highest BCUT2D eigenvalue weighted by atomic mass is 35.5. The van der Waals surface area contributed by atoms with E-state index >= 15 is 0 Å². The molecule has 27 heavy (non-hydrogen) atoms. The van der Waals surface area contributed by atoms with E-state index in [-0.39, 0.29) is 10.9 Å². The van der Waals surface area contributed by atoms with Crippen molar-refractivity contribution in [3.63, 3.8) is 0 Å². The summed E-state index contributed by atoms with van der Waals surface area (Å²) >= 11 is 13.9. The highest BCUT2D eigenvalue weighted by Crippen LogP contribution is 2.37. The van der Waals surface area contributed by atoms with Crippen LogP contribution in [0.4, 0.5) is 10.1 Å². The van der Waals surface area contributed by atoms with Gasteiger partial charge in [-0.1, -0.05) is 24.6 Å². The predicted octanol–water partition coefficient (Wildman–Crippen LogP) is 6.94. The minimum atomic E-state index is -0.507. The normalized spacial score (nSPS) is 19.7. The zero-order valence-electron chi connectivity index (χ0n) is 15.1. The third-order valence-corrected chi connectivity index (χ3v) is 6.95. The number of alkyl halides is 1. The van der Waals surface area contributed by atoms with E-state index in [0.29, 0.717) is 21.9 Å². The van der Waals surface area contributed by atoms with E-state index in [2.05, 4.69) is 12.2 Å². The van der Waals surface area contributed by atoms with Crippen molar-refractivity contribution in [3.8, 4) is 0 Å². The topological polar surface area (TPSA) is 29.1 Å². The van der Waals surface area contributed by atoms with Gasteiger partial charge in [0.05, 0.1) is 5.02 Å². The van der Waals surface area contributed by atoms with Gasteiger partial charge in [-0.15, -0.1) is 23.4 Å². The van der Waals surface area contributed by atoms with Crippen LogP contribution in [0.2, 0.25) is 5.02 Å². The highest BCUT2D eigenvalue weighted by molar-refractivity contribution is 8.00. The largest absolute Gasteiger partial charge is 0.322 e. The third kappa shape index (κ3) is 5.40. The van der Waals surface area contributed by atoms with Crippen molar-refractivity contribution in [2.45, 2.75) is 54.6 Å². The van der Waals surface area contributed by atoms with Gasteiger partial charge in [0.25, 0.3) is 5.91 Å². The summed E-state index contributed by atoms with van der Waals surface area (Å²) in [6.45, 7) is 2.12. The van der Waals surface area contributed by atoms with Gasteiger partial charge in [0.1, 0.15) is 5.82 Å². The van der Waals surface area contributed by atoms with Gasteiger partial charge in [0, 0.05) is 26.8 Å². The fourth-order valence-corrected chi connectivity index (χ4v) is 5.05. The Hall–Kier alpha value is -1.23. The number of carbonyl (C=O) groups excluding carboxylic acids is 1. The van der Waals surface area contributed by atoms with Crippen LogP contribution in [0.3, 0.4) is 0 Å². The lowest BCUT2D eigenvalue weighted by Gasteiger charge is -2.25. The van der Waals surface area contributed by atoms with Crippen LogP contribution < -0.4 is 5.32 Å². The summed E-state index contributed by atoms with van der Waals surface area (Å²) in [5.41, 5.74) is 2.30. The van der Waals surface area contributed by atoms with Gasteiger partial charge >= 0.3 is 0 Å². The molecule has 0 aliphatic heterocycles. The van der Waals surface area contributed by atoms with Crippen molar-refractivity contribution in [2.24, 2.45) is 0 Å². The van der Waals surface area contributed by atoms with E-state index < -0.39 is 5.82 Å². The summed E-state index contributed by atoms with van der Waals surface area (Å²) in [4.78, 5) is 13.8. The van der Waals surface area contributed by atoms with Crippen molar-refractivity contribution >= 4 is 46.6 Å². The first-order chi connectivity index (χ1) is 13.0. The second-order valence-corrected chi connectivity index (χ2v) is 9.12. The van der Waals surface area contributed by atoms with Crippen LogP contribution >= 0.6 is 35.0 Å². The number of anilines is 1. The molecule has 0 spiro atoms. The molecule has 0 unspecified atom stereocenters. The SMILES string of the molecule is CCc1ccc(C(=O)Nc2ccc(F)c(Cl)c2)cc1SC1CCC(Cl)CC1. The van der Waals surface area contributed by atoms with Crippen molar-refractivity contribution < 1.29 is 9.18 Å². The lowest BCUT2D eigenvalue weighted by atomic mass is 10.00. The lowest BCUT2D eigenvalue weighted by Crippen LogP contribution is -2.16. The first kappa shape index (κ1) is 20.5. The number of hydrogen-bond donors (Lipinski definition) is 1. The van der Waals surface area contributed by atoms with Crippen LogP contribution in [0.1, 0.15) is 48.5 Å².